The largest absolute Gasteiger partial charge is 0.465 e. The van der Waals surface area contributed by atoms with Gasteiger partial charge in [-0.05, 0) is 24.1 Å². The molecule has 1 rings (SSSR count). The van der Waals surface area contributed by atoms with E-state index < -0.39 is 9.84 Å². The first kappa shape index (κ1) is 15.5. The zero-order valence-electron chi connectivity index (χ0n) is 11.0. The van der Waals surface area contributed by atoms with Gasteiger partial charge in [-0.1, -0.05) is 19.1 Å². The maximum absolute atomic E-state index is 11.4. The van der Waals surface area contributed by atoms with Crippen molar-refractivity contribution < 1.29 is 17.9 Å². The molecule has 6 heteroatoms. The number of nitrogens with two attached hydrogens (primary N) is 1. The second kappa shape index (κ2) is 7.13. The van der Waals surface area contributed by atoms with Crippen molar-refractivity contribution in [2.45, 2.75) is 19.8 Å². The molecule has 0 radical (unpaired) electrons. The van der Waals surface area contributed by atoms with Gasteiger partial charge < -0.3 is 10.5 Å². The molecule has 0 saturated heterocycles. The van der Waals surface area contributed by atoms with Gasteiger partial charge in [0.15, 0.2) is 9.84 Å². The lowest BCUT2D eigenvalue weighted by Crippen LogP contribution is -2.17. The molecule has 0 atom stereocenters. The molecular formula is C13H19NO4S. The van der Waals surface area contributed by atoms with Crippen LogP contribution in [0, 0.1) is 0 Å². The van der Waals surface area contributed by atoms with Gasteiger partial charge in [-0.3, -0.25) is 4.79 Å². The Kier molecular flexibility index (Phi) is 5.82. The molecule has 5 nitrogen and oxygen atoms in total. The molecule has 0 unspecified atom stereocenters. The number of esters is 1. The molecule has 2 N–H and O–H groups in total. The van der Waals surface area contributed by atoms with Crippen molar-refractivity contribution in [1.82, 2.24) is 0 Å². The van der Waals surface area contributed by atoms with Gasteiger partial charge in [0, 0.05) is 17.9 Å². The Morgan fingerprint density at radius 1 is 1.26 bits per heavy atom. The first-order valence-corrected chi connectivity index (χ1v) is 7.95. The maximum Gasteiger partial charge on any atom is 0.306 e. The monoisotopic (exact) mass is 285 g/mol. The quantitative estimate of drug-likeness (QED) is 0.600. The molecule has 0 aromatic heterocycles. The Labute approximate surface area is 113 Å². The first-order valence-electron chi connectivity index (χ1n) is 6.13. The highest BCUT2D eigenvalue weighted by atomic mass is 32.2. The number of ether oxygens (including phenoxy) is 1. The molecule has 0 amide bonds. The maximum atomic E-state index is 11.4. The number of hydrogen-bond acceptors (Lipinski definition) is 5. The highest BCUT2D eigenvalue weighted by Crippen LogP contribution is 2.08. The van der Waals surface area contributed by atoms with Crippen LogP contribution >= 0.6 is 0 Å². The van der Waals surface area contributed by atoms with Crippen LogP contribution in [0.3, 0.4) is 0 Å². The Morgan fingerprint density at radius 2 is 1.89 bits per heavy atom. The van der Waals surface area contributed by atoms with Crippen LogP contribution < -0.4 is 5.73 Å². The average molecular weight is 285 g/mol. The van der Waals surface area contributed by atoms with Crippen LogP contribution in [0.4, 0.5) is 5.69 Å². The Balaban J connectivity index is 2.27. The Hall–Kier alpha value is -1.56. The first-order chi connectivity index (χ1) is 8.93. The number of hydrogen-bond donors (Lipinski definition) is 1. The van der Waals surface area contributed by atoms with Crippen molar-refractivity contribution in [2.24, 2.45) is 0 Å². The van der Waals surface area contributed by atoms with E-state index in [4.69, 9.17) is 10.5 Å². The summed E-state index contributed by atoms with van der Waals surface area (Å²) < 4.78 is 27.3. The zero-order valence-corrected chi connectivity index (χ0v) is 11.8. The highest BCUT2D eigenvalue weighted by Gasteiger charge is 2.09. The Bertz CT molecular complexity index is 508. The van der Waals surface area contributed by atoms with Crippen LogP contribution in [-0.4, -0.2) is 32.5 Å². The third kappa shape index (κ3) is 6.24. The molecule has 19 heavy (non-hydrogen) atoms. The number of rotatable bonds is 7. The van der Waals surface area contributed by atoms with Crippen LogP contribution in [0.15, 0.2) is 24.3 Å². The van der Waals surface area contributed by atoms with Crippen molar-refractivity contribution in [3.05, 3.63) is 29.8 Å². The highest BCUT2D eigenvalue weighted by molar-refractivity contribution is 7.91. The van der Waals surface area contributed by atoms with Gasteiger partial charge in [-0.15, -0.1) is 0 Å². The molecule has 1 aromatic carbocycles. The van der Waals surface area contributed by atoms with Crippen molar-refractivity contribution in [2.75, 3.05) is 23.8 Å². The van der Waals surface area contributed by atoms with Crippen molar-refractivity contribution in [1.29, 1.82) is 0 Å². The van der Waals surface area contributed by atoms with E-state index in [9.17, 15) is 13.2 Å². The number of aryl methyl sites for hydroxylation is 1. The molecule has 0 fully saturated rings. The summed E-state index contributed by atoms with van der Waals surface area (Å²) >= 11 is 0. The van der Waals surface area contributed by atoms with Crippen LogP contribution in [0.25, 0.3) is 0 Å². The van der Waals surface area contributed by atoms with E-state index in [1.165, 1.54) is 0 Å². The minimum absolute atomic E-state index is 0.0655. The summed E-state index contributed by atoms with van der Waals surface area (Å²) in [5.41, 5.74) is 7.22. The molecule has 0 saturated carbocycles. The number of nitrogen functional groups attached to an aromatic ring is 1. The van der Waals surface area contributed by atoms with Gasteiger partial charge in [0.05, 0.1) is 5.75 Å². The molecular weight excluding hydrogens is 266 g/mol. The average Bonchev–Trinajstić information content (AvgIpc) is 2.38. The fourth-order valence-electron chi connectivity index (χ4n) is 1.43. The number of carbonyl (C=O) groups excluding carboxylic acids is 1. The van der Waals surface area contributed by atoms with Gasteiger partial charge >= 0.3 is 5.97 Å². The standard InChI is InChI=1S/C13H19NO4S/c1-2-19(16,17)10-9-18-13(15)8-5-11-3-6-12(14)7-4-11/h3-4,6-7H,2,5,8-10,14H2,1H3. The molecule has 1 aromatic rings. The SMILES string of the molecule is CCS(=O)(=O)CCOC(=O)CCc1ccc(N)cc1. The molecule has 0 bridgehead atoms. The normalized spacial score (nSPS) is 11.2. The topological polar surface area (TPSA) is 86.5 Å². The van der Waals surface area contributed by atoms with E-state index in [1.54, 1.807) is 19.1 Å². The van der Waals surface area contributed by atoms with Gasteiger partial charge in [-0.2, -0.15) is 0 Å². The third-order valence-corrected chi connectivity index (χ3v) is 4.36. The lowest BCUT2D eigenvalue weighted by atomic mass is 10.1. The lowest BCUT2D eigenvalue weighted by Gasteiger charge is -2.05. The fourth-order valence-corrected chi connectivity index (χ4v) is 2.06. The minimum atomic E-state index is -3.08. The van der Waals surface area contributed by atoms with E-state index in [0.717, 1.165) is 5.56 Å². The lowest BCUT2D eigenvalue weighted by molar-refractivity contribution is -0.142. The molecule has 0 spiro atoms. The zero-order chi connectivity index (χ0) is 14.3. The van der Waals surface area contributed by atoms with Gasteiger partial charge in [0.1, 0.15) is 6.61 Å². The number of carbonyl (C=O) groups is 1. The number of benzene rings is 1. The summed E-state index contributed by atoms with van der Waals surface area (Å²) in [5, 5.41) is 0. The number of anilines is 1. The predicted octanol–water partition coefficient (Wildman–Crippen LogP) is 1.18. The summed E-state index contributed by atoms with van der Waals surface area (Å²) in [5.74, 6) is -0.435. The second-order valence-corrected chi connectivity index (χ2v) is 6.67. The minimum Gasteiger partial charge on any atom is -0.465 e. The summed E-state index contributed by atoms with van der Waals surface area (Å²) in [4.78, 5) is 11.4. The molecule has 0 aliphatic rings. The summed E-state index contributed by atoms with van der Waals surface area (Å²) in [6, 6.07) is 7.25. The van der Waals surface area contributed by atoms with E-state index in [2.05, 4.69) is 0 Å². The summed E-state index contributed by atoms with van der Waals surface area (Å²) in [6.07, 6.45) is 0.787. The fraction of sp³-hybridized carbons (Fsp3) is 0.462. The molecule has 0 heterocycles. The van der Waals surface area contributed by atoms with Gasteiger partial charge in [0.2, 0.25) is 0 Å². The summed E-state index contributed by atoms with van der Waals surface area (Å²) in [6.45, 7) is 1.50. The van der Waals surface area contributed by atoms with Crippen molar-refractivity contribution in [3.63, 3.8) is 0 Å². The van der Waals surface area contributed by atoms with E-state index >= 15 is 0 Å². The van der Waals surface area contributed by atoms with E-state index in [0.29, 0.717) is 12.1 Å². The predicted molar refractivity (Wildman–Crippen MR) is 74.5 cm³/mol. The Morgan fingerprint density at radius 3 is 2.47 bits per heavy atom. The molecule has 106 valence electrons. The van der Waals surface area contributed by atoms with Crippen LogP contribution in [0.2, 0.25) is 0 Å². The van der Waals surface area contributed by atoms with E-state index in [-0.39, 0.29) is 30.5 Å². The van der Waals surface area contributed by atoms with E-state index in [1.807, 2.05) is 12.1 Å². The van der Waals surface area contributed by atoms with Crippen LogP contribution in [0.5, 0.6) is 0 Å². The van der Waals surface area contributed by atoms with Gasteiger partial charge in [-0.25, -0.2) is 8.42 Å². The second-order valence-electron chi connectivity index (χ2n) is 4.20. The number of sulfone groups is 1. The van der Waals surface area contributed by atoms with Crippen LogP contribution in [0.1, 0.15) is 18.9 Å². The summed E-state index contributed by atoms with van der Waals surface area (Å²) in [7, 11) is -3.08. The van der Waals surface area contributed by atoms with Gasteiger partial charge in [0.25, 0.3) is 0 Å². The molecule has 0 aliphatic heterocycles. The molecule has 0 aliphatic carbocycles. The van der Waals surface area contributed by atoms with Crippen LogP contribution in [-0.2, 0) is 25.8 Å². The third-order valence-electron chi connectivity index (χ3n) is 2.69. The smallest absolute Gasteiger partial charge is 0.306 e. The van der Waals surface area contributed by atoms with Crippen molar-refractivity contribution >= 4 is 21.5 Å². The van der Waals surface area contributed by atoms with Crippen molar-refractivity contribution in [3.8, 4) is 0 Å².